The molecule has 0 saturated carbocycles. The van der Waals surface area contributed by atoms with Crippen LogP contribution in [0.1, 0.15) is 25.6 Å². The molecule has 0 radical (unpaired) electrons. The second kappa shape index (κ2) is 4.97. The summed E-state index contributed by atoms with van der Waals surface area (Å²) in [6.45, 7) is 4.75. The molecule has 0 aliphatic rings. The Morgan fingerprint density at radius 1 is 1.35 bits per heavy atom. The summed E-state index contributed by atoms with van der Waals surface area (Å²) < 4.78 is 7.41. The van der Waals surface area contributed by atoms with E-state index in [-0.39, 0.29) is 6.04 Å². The lowest BCUT2D eigenvalue weighted by molar-refractivity contribution is 0.478. The summed E-state index contributed by atoms with van der Waals surface area (Å²) in [6, 6.07) is 3.66. The summed E-state index contributed by atoms with van der Waals surface area (Å²) in [5.41, 5.74) is 6.57. The first-order chi connectivity index (χ1) is 8.19. The third kappa shape index (κ3) is 2.82. The summed E-state index contributed by atoms with van der Waals surface area (Å²) in [5, 5.41) is 4.13. The molecule has 1 unspecified atom stereocenters. The van der Waals surface area contributed by atoms with Gasteiger partial charge in [0.25, 0.3) is 0 Å². The fourth-order valence-corrected chi connectivity index (χ4v) is 1.43. The maximum atomic E-state index is 5.72. The predicted molar refractivity (Wildman–Crippen MR) is 64.8 cm³/mol. The van der Waals surface area contributed by atoms with Crippen molar-refractivity contribution >= 4 is 0 Å². The SMILES string of the molecule is CCn1cc(Oc2ccc(C(C)N)nc2)cn1. The second-order valence-electron chi connectivity index (χ2n) is 3.84. The number of hydrogen-bond acceptors (Lipinski definition) is 4. The van der Waals surface area contributed by atoms with Gasteiger partial charge in [0.05, 0.1) is 24.3 Å². The Morgan fingerprint density at radius 3 is 2.71 bits per heavy atom. The molecule has 2 aromatic heterocycles. The normalized spacial score (nSPS) is 12.4. The zero-order valence-electron chi connectivity index (χ0n) is 10.00. The van der Waals surface area contributed by atoms with Crippen molar-refractivity contribution in [2.24, 2.45) is 5.73 Å². The van der Waals surface area contributed by atoms with Crippen LogP contribution in [-0.4, -0.2) is 14.8 Å². The number of hydrogen-bond donors (Lipinski definition) is 1. The maximum Gasteiger partial charge on any atom is 0.165 e. The van der Waals surface area contributed by atoms with Crippen LogP contribution in [0.3, 0.4) is 0 Å². The van der Waals surface area contributed by atoms with Crippen LogP contribution < -0.4 is 10.5 Å². The molecule has 90 valence electrons. The van der Waals surface area contributed by atoms with Gasteiger partial charge in [0.2, 0.25) is 0 Å². The Kier molecular flexibility index (Phi) is 3.39. The van der Waals surface area contributed by atoms with Crippen molar-refractivity contribution in [1.82, 2.24) is 14.8 Å². The number of nitrogens with zero attached hydrogens (tertiary/aromatic N) is 3. The number of nitrogens with two attached hydrogens (primary N) is 1. The molecule has 0 aliphatic heterocycles. The van der Waals surface area contributed by atoms with Crippen molar-refractivity contribution in [3.63, 3.8) is 0 Å². The van der Waals surface area contributed by atoms with Gasteiger partial charge < -0.3 is 10.5 Å². The second-order valence-corrected chi connectivity index (χ2v) is 3.84. The first kappa shape index (κ1) is 11.6. The van der Waals surface area contributed by atoms with E-state index < -0.39 is 0 Å². The summed E-state index contributed by atoms with van der Waals surface area (Å²) in [5.74, 6) is 1.40. The average molecular weight is 232 g/mol. The van der Waals surface area contributed by atoms with E-state index >= 15 is 0 Å². The Bertz CT molecular complexity index is 476. The minimum Gasteiger partial charge on any atom is -0.452 e. The van der Waals surface area contributed by atoms with Crippen LogP contribution in [0.25, 0.3) is 0 Å². The molecule has 0 aromatic carbocycles. The van der Waals surface area contributed by atoms with E-state index in [1.807, 2.05) is 32.2 Å². The molecule has 0 spiro atoms. The Hall–Kier alpha value is -1.88. The third-order valence-corrected chi connectivity index (χ3v) is 2.40. The molecule has 1 atom stereocenters. The van der Waals surface area contributed by atoms with Gasteiger partial charge in [0.15, 0.2) is 5.75 Å². The summed E-state index contributed by atoms with van der Waals surface area (Å²) >= 11 is 0. The van der Waals surface area contributed by atoms with Gasteiger partial charge in [-0.05, 0) is 26.0 Å². The zero-order chi connectivity index (χ0) is 12.3. The summed E-state index contributed by atoms with van der Waals surface area (Å²) in [4.78, 5) is 4.22. The molecular formula is C12H16N4O. The highest BCUT2D eigenvalue weighted by Crippen LogP contribution is 2.20. The largest absolute Gasteiger partial charge is 0.452 e. The molecule has 0 saturated heterocycles. The van der Waals surface area contributed by atoms with Crippen molar-refractivity contribution in [2.45, 2.75) is 26.4 Å². The molecule has 17 heavy (non-hydrogen) atoms. The van der Waals surface area contributed by atoms with E-state index in [2.05, 4.69) is 10.1 Å². The highest BCUT2D eigenvalue weighted by molar-refractivity contribution is 5.27. The van der Waals surface area contributed by atoms with Crippen LogP contribution in [-0.2, 0) is 6.54 Å². The topological polar surface area (TPSA) is 66.0 Å². The zero-order valence-corrected chi connectivity index (χ0v) is 10.00. The molecule has 5 nitrogen and oxygen atoms in total. The fourth-order valence-electron chi connectivity index (χ4n) is 1.43. The minimum atomic E-state index is -0.0631. The lowest BCUT2D eigenvalue weighted by atomic mass is 10.2. The molecule has 2 heterocycles. The van der Waals surface area contributed by atoms with E-state index in [9.17, 15) is 0 Å². The molecule has 5 heteroatoms. The van der Waals surface area contributed by atoms with Crippen LogP contribution in [0.4, 0.5) is 0 Å². The van der Waals surface area contributed by atoms with Crippen LogP contribution in [0.2, 0.25) is 0 Å². The standard InChI is InChI=1S/C12H16N4O/c1-3-16-8-11(7-15-16)17-10-4-5-12(9(2)13)14-6-10/h4-9H,3,13H2,1-2H3. The van der Waals surface area contributed by atoms with Crippen LogP contribution in [0.5, 0.6) is 11.5 Å². The highest BCUT2D eigenvalue weighted by atomic mass is 16.5. The average Bonchev–Trinajstić information content (AvgIpc) is 2.77. The van der Waals surface area contributed by atoms with E-state index in [0.29, 0.717) is 11.5 Å². The van der Waals surface area contributed by atoms with Crippen molar-refractivity contribution in [1.29, 1.82) is 0 Å². The van der Waals surface area contributed by atoms with Gasteiger partial charge in [0.1, 0.15) is 5.75 Å². The highest BCUT2D eigenvalue weighted by Gasteiger charge is 2.03. The minimum absolute atomic E-state index is 0.0631. The molecule has 2 aromatic rings. The van der Waals surface area contributed by atoms with Gasteiger partial charge in [-0.1, -0.05) is 0 Å². The van der Waals surface area contributed by atoms with E-state index in [1.54, 1.807) is 17.1 Å². The van der Waals surface area contributed by atoms with Crippen molar-refractivity contribution in [3.05, 3.63) is 36.4 Å². The first-order valence-electron chi connectivity index (χ1n) is 5.61. The van der Waals surface area contributed by atoms with Gasteiger partial charge in [0, 0.05) is 12.6 Å². The van der Waals surface area contributed by atoms with Crippen molar-refractivity contribution in [2.75, 3.05) is 0 Å². The molecule has 0 bridgehead atoms. The number of ether oxygens (including phenoxy) is 1. The first-order valence-corrected chi connectivity index (χ1v) is 5.61. The lowest BCUT2D eigenvalue weighted by Crippen LogP contribution is -2.06. The van der Waals surface area contributed by atoms with E-state index in [0.717, 1.165) is 12.2 Å². The fraction of sp³-hybridized carbons (Fsp3) is 0.333. The van der Waals surface area contributed by atoms with Gasteiger partial charge >= 0.3 is 0 Å². The predicted octanol–water partition coefficient (Wildman–Crippen LogP) is 2.11. The van der Waals surface area contributed by atoms with Crippen molar-refractivity contribution in [3.8, 4) is 11.5 Å². The van der Waals surface area contributed by atoms with Gasteiger partial charge in [-0.3, -0.25) is 9.67 Å². The van der Waals surface area contributed by atoms with Gasteiger partial charge in [-0.15, -0.1) is 0 Å². The number of aryl methyl sites for hydroxylation is 1. The molecule has 0 aliphatic carbocycles. The number of aromatic nitrogens is 3. The maximum absolute atomic E-state index is 5.72. The summed E-state index contributed by atoms with van der Waals surface area (Å²) in [6.07, 6.45) is 5.20. The smallest absolute Gasteiger partial charge is 0.165 e. The van der Waals surface area contributed by atoms with E-state index in [1.165, 1.54) is 0 Å². The number of rotatable bonds is 4. The number of pyridine rings is 1. The Labute approximate surface area is 100 Å². The lowest BCUT2D eigenvalue weighted by Gasteiger charge is -2.06. The molecule has 0 fully saturated rings. The Balaban J connectivity index is 2.08. The third-order valence-electron chi connectivity index (χ3n) is 2.40. The quantitative estimate of drug-likeness (QED) is 0.876. The summed E-state index contributed by atoms with van der Waals surface area (Å²) in [7, 11) is 0. The molecule has 0 amide bonds. The van der Waals surface area contributed by atoms with Crippen LogP contribution >= 0.6 is 0 Å². The molecule has 2 rings (SSSR count). The monoisotopic (exact) mass is 232 g/mol. The van der Waals surface area contributed by atoms with E-state index in [4.69, 9.17) is 10.5 Å². The van der Waals surface area contributed by atoms with Crippen LogP contribution in [0.15, 0.2) is 30.7 Å². The molecular weight excluding hydrogens is 216 g/mol. The Morgan fingerprint density at radius 2 is 2.18 bits per heavy atom. The van der Waals surface area contributed by atoms with Gasteiger partial charge in [-0.2, -0.15) is 5.10 Å². The van der Waals surface area contributed by atoms with Crippen molar-refractivity contribution < 1.29 is 4.74 Å². The van der Waals surface area contributed by atoms with Crippen LogP contribution in [0, 0.1) is 0 Å². The molecule has 2 N–H and O–H groups in total. The van der Waals surface area contributed by atoms with Gasteiger partial charge in [-0.25, -0.2) is 0 Å².